The van der Waals surface area contributed by atoms with Crippen LogP contribution in [0.25, 0.3) is 0 Å². The molecule has 7 heteroatoms. The molecule has 3 rings (SSSR count). The van der Waals surface area contributed by atoms with E-state index in [1.807, 2.05) is 12.1 Å². The molecular weight excluding hydrogens is 352 g/mol. The number of hydrogen-bond donors (Lipinski definition) is 0. The van der Waals surface area contributed by atoms with Crippen LogP contribution in [0.5, 0.6) is 5.75 Å². The predicted octanol–water partition coefficient (Wildman–Crippen LogP) is 3.17. The Bertz CT molecular complexity index is 653. The summed E-state index contributed by atoms with van der Waals surface area (Å²) >= 11 is 1.06. The molecule has 0 aromatic heterocycles. The van der Waals surface area contributed by atoms with Gasteiger partial charge in [0.25, 0.3) is 11.1 Å². The topological polar surface area (TPSA) is 66.9 Å². The molecule has 0 spiro atoms. The lowest BCUT2D eigenvalue weighted by molar-refractivity contribution is -0.126. The lowest BCUT2D eigenvalue weighted by atomic mass is 10.0. The van der Waals surface area contributed by atoms with Gasteiger partial charge in [0.2, 0.25) is 5.91 Å². The Morgan fingerprint density at radius 1 is 1.19 bits per heavy atom. The highest BCUT2D eigenvalue weighted by atomic mass is 32.2. The molecule has 2 fully saturated rings. The number of imide groups is 1. The average Bonchev–Trinajstić information content (AvgIpc) is 3.00. The fraction of sp³-hybridized carbons (Fsp3) is 0.526. The largest absolute Gasteiger partial charge is 0.494 e. The van der Waals surface area contributed by atoms with Gasteiger partial charge in [-0.2, -0.15) is 0 Å². The average molecular weight is 376 g/mol. The molecule has 2 heterocycles. The molecule has 0 aliphatic carbocycles. The molecule has 0 atom stereocenters. The van der Waals surface area contributed by atoms with Crippen LogP contribution < -0.4 is 4.74 Å². The van der Waals surface area contributed by atoms with Crippen LogP contribution in [0.3, 0.4) is 0 Å². The fourth-order valence-corrected chi connectivity index (χ4v) is 4.03. The number of benzene rings is 1. The molecule has 0 bridgehead atoms. The summed E-state index contributed by atoms with van der Waals surface area (Å²) in [4.78, 5) is 39.5. The van der Waals surface area contributed by atoms with Crippen molar-refractivity contribution in [1.82, 2.24) is 9.80 Å². The second kappa shape index (κ2) is 8.58. The molecule has 1 aromatic carbocycles. The summed E-state index contributed by atoms with van der Waals surface area (Å²) < 4.78 is 5.62. The van der Waals surface area contributed by atoms with Crippen molar-refractivity contribution >= 4 is 28.8 Å². The zero-order valence-electron chi connectivity index (χ0n) is 15.0. The summed E-state index contributed by atoms with van der Waals surface area (Å²) in [6.45, 7) is 3.91. The first-order valence-electron chi connectivity index (χ1n) is 9.11. The Hall–Kier alpha value is -2.02. The van der Waals surface area contributed by atoms with Gasteiger partial charge >= 0.3 is 0 Å². The lowest BCUT2D eigenvalue weighted by Crippen LogP contribution is -2.48. The summed E-state index contributed by atoms with van der Waals surface area (Å²) in [7, 11) is 0. The van der Waals surface area contributed by atoms with Crippen LogP contribution in [0, 0.1) is 0 Å². The van der Waals surface area contributed by atoms with E-state index >= 15 is 0 Å². The highest BCUT2D eigenvalue weighted by Gasteiger charge is 2.38. The van der Waals surface area contributed by atoms with Gasteiger partial charge in [-0.3, -0.25) is 19.3 Å². The van der Waals surface area contributed by atoms with Crippen LogP contribution in [-0.4, -0.2) is 58.3 Å². The van der Waals surface area contributed by atoms with Crippen molar-refractivity contribution in [3.8, 4) is 5.75 Å². The van der Waals surface area contributed by atoms with E-state index in [-0.39, 0.29) is 28.8 Å². The van der Waals surface area contributed by atoms with Gasteiger partial charge in [-0.05, 0) is 43.5 Å². The Balaban J connectivity index is 1.53. The standard InChI is InChI=1S/C19H24N2O4S/c1-2-3-12-25-16-6-4-14(5-7-16)18(23)20-10-8-15(9-11-20)21-17(22)13-26-19(21)24/h4-7,15H,2-3,8-13H2,1H3. The van der Waals surface area contributed by atoms with Crippen LogP contribution >= 0.6 is 11.8 Å². The zero-order chi connectivity index (χ0) is 18.5. The molecular formula is C19H24N2O4S. The number of carbonyl (C=O) groups excluding carboxylic acids is 3. The highest BCUT2D eigenvalue weighted by molar-refractivity contribution is 8.14. The normalized spacial score (nSPS) is 18.5. The van der Waals surface area contributed by atoms with E-state index in [9.17, 15) is 14.4 Å². The molecule has 0 saturated carbocycles. The highest BCUT2D eigenvalue weighted by Crippen LogP contribution is 2.27. The van der Waals surface area contributed by atoms with Crippen molar-refractivity contribution in [2.24, 2.45) is 0 Å². The number of rotatable bonds is 6. The molecule has 2 aliphatic heterocycles. The van der Waals surface area contributed by atoms with Crippen LogP contribution in [-0.2, 0) is 4.79 Å². The molecule has 2 saturated heterocycles. The molecule has 140 valence electrons. The third-order valence-electron chi connectivity index (χ3n) is 4.77. The van der Waals surface area contributed by atoms with Gasteiger partial charge in [0, 0.05) is 24.7 Å². The predicted molar refractivity (Wildman–Crippen MR) is 100 cm³/mol. The number of carbonyl (C=O) groups is 3. The number of hydrogen-bond acceptors (Lipinski definition) is 5. The van der Waals surface area contributed by atoms with Gasteiger partial charge in [-0.1, -0.05) is 25.1 Å². The Morgan fingerprint density at radius 3 is 2.46 bits per heavy atom. The maximum Gasteiger partial charge on any atom is 0.289 e. The van der Waals surface area contributed by atoms with E-state index in [4.69, 9.17) is 4.74 Å². The van der Waals surface area contributed by atoms with Gasteiger partial charge in [0.1, 0.15) is 5.75 Å². The van der Waals surface area contributed by atoms with Crippen molar-refractivity contribution in [3.05, 3.63) is 29.8 Å². The van der Waals surface area contributed by atoms with E-state index in [0.29, 0.717) is 38.1 Å². The summed E-state index contributed by atoms with van der Waals surface area (Å²) in [5, 5.41) is -0.154. The molecule has 6 nitrogen and oxygen atoms in total. The molecule has 3 amide bonds. The molecule has 0 N–H and O–H groups in total. The number of likely N-dealkylation sites (tertiary alicyclic amines) is 1. The Labute approximate surface area is 157 Å². The first-order chi connectivity index (χ1) is 12.6. The molecule has 26 heavy (non-hydrogen) atoms. The molecule has 0 radical (unpaired) electrons. The SMILES string of the molecule is CCCCOc1ccc(C(=O)N2CCC(N3C(=O)CSC3=O)CC2)cc1. The minimum absolute atomic E-state index is 0.0167. The third kappa shape index (κ3) is 4.20. The summed E-state index contributed by atoms with van der Waals surface area (Å²) in [5.74, 6) is 0.891. The first kappa shape index (κ1) is 18.8. The Kier molecular flexibility index (Phi) is 6.19. The maximum atomic E-state index is 12.7. The quantitative estimate of drug-likeness (QED) is 0.714. The summed E-state index contributed by atoms with van der Waals surface area (Å²) in [5.41, 5.74) is 0.634. The van der Waals surface area contributed by atoms with E-state index in [1.165, 1.54) is 4.90 Å². The fourth-order valence-electron chi connectivity index (χ4n) is 3.25. The summed E-state index contributed by atoms with van der Waals surface area (Å²) in [6.07, 6.45) is 3.37. The molecule has 1 aromatic rings. The number of unbranched alkanes of at least 4 members (excludes halogenated alkanes) is 1. The van der Waals surface area contributed by atoms with E-state index in [1.54, 1.807) is 17.0 Å². The van der Waals surface area contributed by atoms with Crippen LogP contribution in [0.2, 0.25) is 0 Å². The monoisotopic (exact) mass is 376 g/mol. The summed E-state index contributed by atoms with van der Waals surface area (Å²) in [6, 6.07) is 7.16. The zero-order valence-corrected chi connectivity index (χ0v) is 15.8. The van der Waals surface area contributed by atoms with Crippen molar-refractivity contribution in [1.29, 1.82) is 0 Å². The van der Waals surface area contributed by atoms with Crippen LogP contribution in [0.1, 0.15) is 43.0 Å². The smallest absolute Gasteiger partial charge is 0.289 e. The molecule has 0 unspecified atom stereocenters. The van der Waals surface area contributed by atoms with Gasteiger partial charge in [-0.15, -0.1) is 0 Å². The second-order valence-corrected chi connectivity index (χ2v) is 7.49. The van der Waals surface area contributed by atoms with Gasteiger partial charge in [-0.25, -0.2) is 0 Å². The number of piperidine rings is 1. The number of ether oxygens (including phenoxy) is 1. The van der Waals surface area contributed by atoms with Crippen LogP contribution in [0.4, 0.5) is 4.79 Å². The minimum Gasteiger partial charge on any atom is -0.494 e. The Morgan fingerprint density at radius 2 is 1.88 bits per heavy atom. The van der Waals surface area contributed by atoms with Crippen molar-refractivity contribution < 1.29 is 19.1 Å². The van der Waals surface area contributed by atoms with Gasteiger partial charge in [0.05, 0.1) is 12.4 Å². The third-order valence-corrected chi connectivity index (χ3v) is 5.60. The van der Waals surface area contributed by atoms with E-state index in [2.05, 4.69) is 6.92 Å². The van der Waals surface area contributed by atoms with Crippen molar-refractivity contribution in [3.63, 3.8) is 0 Å². The molecule has 2 aliphatic rings. The minimum atomic E-state index is -0.154. The van der Waals surface area contributed by atoms with Gasteiger partial charge in [0.15, 0.2) is 0 Å². The second-order valence-electron chi connectivity index (χ2n) is 6.57. The van der Waals surface area contributed by atoms with Crippen molar-refractivity contribution in [2.75, 3.05) is 25.4 Å². The van der Waals surface area contributed by atoms with Gasteiger partial charge < -0.3 is 9.64 Å². The van der Waals surface area contributed by atoms with E-state index < -0.39 is 0 Å². The lowest BCUT2D eigenvalue weighted by Gasteiger charge is -2.35. The number of amides is 3. The van der Waals surface area contributed by atoms with Crippen LogP contribution in [0.15, 0.2) is 24.3 Å². The number of nitrogens with zero attached hydrogens (tertiary/aromatic N) is 2. The maximum absolute atomic E-state index is 12.7. The number of thioether (sulfide) groups is 1. The van der Waals surface area contributed by atoms with E-state index in [0.717, 1.165) is 30.4 Å². The first-order valence-corrected chi connectivity index (χ1v) is 10.1. The van der Waals surface area contributed by atoms with Crippen molar-refractivity contribution in [2.45, 2.75) is 38.6 Å².